The number of benzene rings is 12. The van der Waals surface area contributed by atoms with Gasteiger partial charge in [0.1, 0.15) is 0 Å². The van der Waals surface area contributed by atoms with Gasteiger partial charge in [-0.15, -0.1) is 99.1 Å². The number of hydrogen-bond acceptors (Lipinski definition) is 0. The van der Waals surface area contributed by atoms with Crippen molar-refractivity contribution in [3.8, 4) is 66.8 Å². The van der Waals surface area contributed by atoms with Crippen LogP contribution in [-0.4, -0.2) is 0 Å². The van der Waals surface area contributed by atoms with Crippen molar-refractivity contribution in [1.29, 1.82) is 0 Å². The molecule has 126 heavy (non-hydrogen) atoms. The quantitative estimate of drug-likeness (QED) is 0.146. The third kappa shape index (κ3) is 37.2. The van der Waals surface area contributed by atoms with Gasteiger partial charge in [0.05, 0.1) is 0 Å². The third-order valence-electron chi connectivity index (χ3n) is 21.5. The van der Waals surface area contributed by atoms with Crippen LogP contribution in [0.3, 0.4) is 0 Å². The minimum atomic E-state index is 0. The molecule has 0 N–H and O–H groups in total. The van der Waals surface area contributed by atoms with Gasteiger partial charge in [-0.25, -0.2) is 66.8 Å². The molecule has 12 aromatic carbocycles. The summed E-state index contributed by atoms with van der Waals surface area (Å²) in [6, 6.07) is 118. The molecule has 0 spiro atoms. The number of rotatable bonds is 6. The maximum atomic E-state index is 3.58. The zero-order valence-electron chi connectivity index (χ0n) is 84.2. The average Bonchev–Trinajstić information content (AvgIpc) is 0.785. The summed E-state index contributed by atoms with van der Waals surface area (Å²) in [6.07, 6.45) is 0. The Morgan fingerprint density at radius 3 is 0.667 bits per heavy atom. The molecular weight excluding hydrogens is 1970 g/mol. The van der Waals surface area contributed by atoms with Crippen LogP contribution in [0.1, 0.15) is 316 Å². The molecule has 0 saturated carbocycles. The Kier molecular flexibility index (Phi) is 48.3. The van der Waals surface area contributed by atoms with Gasteiger partial charge >= 0.3 is 0 Å². The second-order valence-electron chi connectivity index (χ2n) is 44.7. The Balaban J connectivity index is 0.000000749. The van der Waals surface area contributed by atoms with Gasteiger partial charge in [0.15, 0.2) is 0 Å². The van der Waals surface area contributed by atoms with Gasteiger partial charge in [0, 0.05) is 196 Å². The van der Waals surface area contributed by atoms with E-state index in [0.717, 1.165) is 44.5 Å². The van der Waals surface area contributed by atoms with E-state index in [2.05, 4.69) is 504 Å². The molecule has 0 heterocycles. The van der Waals surface area contributed by atoms with E-state index in [-0.39, 0.29) is 261 Å². The Morgan fingerprint density at radius 1 is 0.159 bits per heavy atom. The molecule has 0 aliphatic carbocycles. The Morgan fingerprint density at radius 2 is 0.397 bits per heavy atom. The summed E-state index contributed by atoms with van der Waals surface area (Å²) in [5.41, 5.74) is 31.0. The van der Waals surface area contributed by atoms with Crippen LogP contribution in [0, 0.1) is 72.8 Å². The summed E-state index contributed by atoms with van der Waals surface area (Å²) in [7, 11) is 0. The molecule has 0 aliphatic rings. The van der Waals surface area contributed by atoms with Crippen LogP contribution in [0.4, 0.5) is 0 Å². The molecule has 0 amide bonds. The van der Waals surface area contributed by atoms with E-state index in [1.165, 1.54) is 89.0 Å². The molecule has 0 fully saturated rings. The molecule has 12 aromatic rings. The van der Waals surface area contributed by atoms with E-state index in [9.17, 15) is 0 Å². The third-order valence-corrected chi connectivity index (χ3v) is 21.5. The first kappa shape index (κ1) is 121. The zero-order valence-corrected chi connectivity index (χ0v) is 101. The largest absolute Gasteiger partial charge is 0.226 e. The van der Waals surface area contributed by atoms with Crippen LogP contribution in [0.5, 0.6) is 0 Å². The molecule has 0 saturated heterocycles. The molecule has 6 radical (unpaired) electrons. The van der Waals surface area contributed by atoms with Crippen molar-refractivity contribution < 1.29 is 196 Å². The van der Waals surface area contributed by atoms with Crippen molar-refractivity contribution in [2.75, 3.05) is 0 Å². The van der Waals surface area contributed by atoms with Crippen LogP contribution in [0.2, 0.25) is 0 Å². The van der Waals surface area contributed by atoms with Gasteiger partial charge in [-0.1, -0.05) is 271 Å². The normalized spacial score (nSPS) is 11.9. The van der Waals surface area contributed by atoms with E-state index in [1.807, 2.05) is 36.4 Å². The minimum Gasteiger partial charge on any atom is -0.226 e. The predicted molar refractivity (Wildman–Crippen MR) is 522 cm³/mol. The first-order valence-corrected chi connectivity index (χ1v) is 43.4. The molecule has 0 unspecified atom stereocenters. The molecule has 0 nitrogen and oxygen atoms in total. The molecule has 0 atom stereocenters. The second kappa shape index (κ2) is 50.2. The molecule has 654 valence electrons. The monoisotopic (exact) mass is 2120 g/mol. The minimum absolute atomic E-state index is 0. The standard InChI is InChI=1S/6C20H24.6Y/c1-19(2,3)17-11-7-9-15(13-17)16-10-8-12-18(14-16)20(4,5)6;1-19(2,3)17-13-9-7-11-15(17)16-12-8-10-14-18(16)20(4,5)6;1-19(2,3)16-11-9-10-15(14-16)17-12-7-8-13-18(17)20(4,5)6;2*1-19(2,3)17-12-10-15(11-13-17)16-8-7-9-18(14-16)20(4,5)6;1-19(2,3)16-13-11-15(12-14-16)17-9-7-8-10-18(17)20(4,5)6;;;;;;/h7-9,11-12,14H,1-6H3;7-10,13-14H,1-6H3;7-11,13H,1-6H3;7,9-10,12-14H,1-6H3;7-10,12-13H,1-6H3;7-8,10-11,13-14H,1-6H3;;;;;;/q6*-2;;;;;;. The Hall–Kier alpha value is -2.74. The van der Waals surface area contributed by atoms with E-state index in [0.29, 0.717) is 0 Å². The van der Waals surface area contributed by atoms with Crippen LogP contribution in [-0.2, 0) is 261 Å². The van der Waals surface area contributed by atoms with E-state index >= 15 is 0 Å². The summed E-state index contributed by atoms with van der Waals surface area (Å²) in [4.78, 5) is 0. The molecule has 6 heteroatoms. The first-order valence-electron chi connectivity index (χ1n) is 43.4. The van der Waals surface area contributed by atoms with Crippen molar-refractivity contribution in [1.82, 2.24) is 0 Å². The Bertz CT molecular complexity index is 5030. The van der Waals surface area contributed by atoms with Gasteiger partial charge in [-0.2, -0.15) is 259 Å². The summed E-state index contributed by atoms with van der Waals surface area (Å²) in [6.45, 7) is 80.4. The molecular formula is C120H144Y6-12. The van der Waals surface area contributed by atoms with Crippen molar-refractivity contribution in [3.63, 3.8) is 0 Å². The van der Waals surface area contributed by atoms with Gasteiger partial charge < -0.3 is 0 Å². The first-order chi connectivity index (χ1) is 55.1. The molecule has 0 aromatic heterocycles. The van der Waals surface area contributed by atoms with Crippen molar-refractivity contribution in [2.24, 2.45) is 0 Å². The van der Waals surface area contributed by atoms with Gasteiger partial charge in [-0.3, -0.25) is 0 Å². The van der Waals surface area contributed by atoms with E-state index < -0.39 is 0 Å². The SMILES string of the molecule is CC(C)(C)c1[c-]c(-c2[c-]cc(C(C)(C)C)cc2)ccc1.CC(C)(C)c1[c-]c(-c2[c-]ccc(C(C)(C)C)c2)ccc1.CC(C)(C)c1[c-]c(-c2[c-]cccc2C(C)(C)C)ccc1.CC(C)(C)c1c[c-]c(-c2[c-]ccc(C(C)(C)C)c2)cc1.CC(C)(C)c1c[c-]c(-c2[c-]cccc2C(C)(C)C)cc1.CC(C)(C)c1ccc[c-]c1-c1[c-]cccc1C(C)(C)C.[Y].[Y].[Y].[Y].[Y].[Y]. The van der Waals surface area contributed by atoms with Crippen LogP contribution in [0.15, 0.2) is 218 Å². The van der Waals surface area contributed by atoms with Crippen molar-refractivity contribution in [3.05, 3.63) is 358 Å². The van der Waals surface area contributed by atoms with E-state index in [1.54, 1.807) is 0 Å². The summed E-state index contributed by atoms with van der Waals surface area (Å²) >= 11 is 0. The van der Waals surface area contributed by atoms with Crippen LogP contribution < -0.4 is 0 Å². The fraction of sp³-hybridized carbons (Fsp3) is 0.400. The molecule has 0 aliphatic heterocycles. The fourth-order valence-corrected chi connectivity index (χ4v) is 13.6. The van der Waals surface area contributed by atoms with Crippen LogP contribution >= 0.6 is 0 Å². The van der Waals surface area contributed by atoms with Gasteiger partial charge in [-0.05, 0) is 43.3 Å². The van der Waals surface area contributed by atoms with Crippen LogP contribution in [0.25, 0.3) is 66.8 Å². The van der Waals surface area contributed by atoms with Crippen molar-refractivity contribution >= 4 is 0 Å². The maximum Gasteiger partial charge on any atom is 0 e. The van der Waals surface area contributed by atoms with Crippen molar-refractivity contribution in [2.45, 2.75) is 314 Å². The van der Waals surface area contributed by atoms with Gasteiger partial charge in [0.25, 0.3) is 0 Å². The topological polar surface area (TPSA) is 0 Å². The smallest absolute Gasteiger partial charge is 0 e. The number of hydrogen-bond donors (Lipinski definition) is 0. The predicted octanol–water partition coefficient (Wildman–Crippen LogP) is 33.3. The summed E-state index contributed by atoms with van der Waals surface area (Å²) < 4.78 is 0. The summed E-state index contributed by atoms with van der Waals surface area (Å²) in [5, 5.41) is 0. The summed E-state index contributed by atoms with van der Waals surface area (Å²) in [5.74, 6) is 0. The average molecular weight is 2120 g/mol. The Labute approximate surface area is 922 Å². The molecule has 12 rings (SSSR count). The molecule has 0 bridgehead atoms. The fourth-order valence-electron chi connectivity index (χ4n) is 13.6. The van der Waals surface area contributed by atoms with Gasteiger partial charge in [0.2, 0.25) is 0 Å². The second-order valence-corrected chi connectivity index (χ2v) is 44.7. The maximum absolute atomic E-state index is 3.58. The zero-order chi connectivity index (χ0) is 89.8. The van der Waals surface area contributed by atoms with E-state index in [4.69, 9.17) is 0 Å².